The predicted molar refractivity (Wildman–Crippen MR) is 111 cm³/mol. The van der Waals surface area contributed by atoms with Gasteiger partial charge in [0, 0.05) is 17.0 Å². The highest BCUT2D eigenvalue weighted by Crippen LogP contribution is 2.18. The number of hydrazone groups is 1. The molecule has 0 fully saturated rings. The number of anilines is 1. The minimum Gasteiger partial charge on any atom is -0.497 e. The Kier molecular flexibility index (Phi) is 6.01. The van der Waals surface area contributed by atoms with Crippen LogP contribution in [0.2, 0.25) is 0 Å². The standard InChI is InChI=1S/C22H21N3O3/c1-15(14-21(26)23-17-10-12-18(28-2)13-11-17)24-25-22(27)20-9-5-7-16-6-3-4-8-19(16)20/h3-13H,14H2,1-2H3,(H,23,26)(H,25,27)/b24-15-. The molecule has 0 spiro atoms. The van der Waals surface area contributed by atoms with Gasteiger partial charge in [-0.2, -0.15) is 5.10 Å². The summed E-state index contributed by atoms with van der Waals surface area (Å²) in [6.07, 6.45) is 0.0713. The van der Waals surface area contributed by atoms with Crippen molar-refractivity contribution in [2.75, 3.05) is 12.4 Å². The van der Waals surface area contributed by atoms with Gasteiger partial charge in [-0.05, 0) is 48.0 Å². The summed E-state index contributed by atoms with van der Waals surface area (Å²) >= 11 is 0. The maximum absolute atomic E-state index is 12.5. The minimum absolute atomic E-state index is 0.0713. The summed E-state index contributed by atoms with van der Waals surface area (Å²) in [4.78, 5) is 24.6. The van der Waals surface area contributed by atoms with E-state index in [1.54, 1.807) is 44.4 Å². The zero-order valence-electron chi connectivity index (χ0n) is 15.7. The third-order valence-corrected chi connectivity index (χ3v) is 4.17. The monoisotopic (exact) mass is 375 g/mol. The Balaban J connectivity index is 1.60. The Hall–Kier alpha value is -3.67. The van der Waals surface area contributed by atoms with Crippen LogP contribution in [0.15, 0.2) is 71.8 Å². The smallest absolute Gasteiger partial charge is 0.271 e. The van der Waals surface area contributed by atoms with Gasteiger partial charge >= 0.3 is 0 Å². The van der Waals surface area contributed by atoms with Crippen molar-refractivity contribution in [2.45, 2.75) is 13.3 Å². The van der Waals surface area contributed by atoms with Gasteiger partial charge in [-0.25, -0.2) is 5.43 Å². The Morgan fingerprint density at radius 1 is 0.964 bits per heavy atom. The van der Waals surface area contributed by atoms with Crippen molar-refractivity contribution in [1.82, 2.24) is 5.43 Å². The van der Waals surface area contributed by atoms with Gasteiger partial charge in [-0.15, -0.1) is 0 Å². The number of ether oxygens (including phenoxy) is 1. The number of hydrogen-bond acceptors (Lipinski definition) is 4. The molecule has 0 atom stereocenters. The predicted octanol–water partition coefficient (Wildman–Crippen LogP) is 3.98. The van der Waals surface area contributed by atoms with E-state index in [-0.39, 0.29) is 18.2 Å². The van der Waals surface area contributed by atoms with Crippen molar-refractivity contribution in [2.24, 2.45) is 5.10 Å². The quantitative estimate of drug-likeness (QED) is 0.505. The van der Waals surface area contributed by atoms with Crippen LogP contribution < -0.4 is 15.5 Å². The van der Waals surface area contributed by atoms with E-state index in [4.69, 9.17) is 4.74 Å². The van der Waals surface area contributed by atoms with Crippen LogP contribution in [0.25, 0.3) is 10.8 Å². The van der Waals surface area contributed by atoms with Crippen LogP contribution in [0.3, 0.4) is 0 Å². The second kappa shape index (κ2) is 8.81. The zero-order valence-corrected chi connectivity index (χ0v) is 15.7. The number of benzene rings is 3. The fraction of sp³-hybridized carbons (Fsp3) is 0.136. The average molecular weight is 375 g/mol. The summed E-state index contributed by atoms with van der Waals surface area (Å²) in [6, 6.07) is 20.2. The van der Waals surface area contributed by atoms with Crippen molar-refractivity contribution in [3.8, 4) is 5.75 Å². The van der Waals surface area contributed by atoms with Gasteiger partial charge in [-0.3, -0.25) is 9.59 Å². The average Bonchev–Trinajstić information content (AvgIpc) is 2.72. The van der Waals surface area contributed by atoms with Gasteiger partial charge in [0.1, 0.15) is 5.75 Å². The van der Waals surface area contributed by atoms with Gasteiger partial charge in [0.15, 0.2) is 0 Å². The van der Waals surface area contributed by atoms with Gasteiger partial charge in [-0.1, -0.05) is 36.4 Å². The number of hydrogen-bond donors (Lipinski definition) is 2. The molecular formula is C22H21N3O3. The summed E-state index contributed by atoms with van der Waals surface area (Å²) in [6.45, 7) is 1.69. The lowest BCUT2D eigenvalue weighted by molar-refractivity contribution is -0.115. The van der Waals surface area contributed by atoms with E-state index in [1.807, 2.05) is 36.4 Å². The van der Waals surface area contributed by atoms with E-state index in [2.05, 4.69) is 15.8 Å². The zero-order chi connectivity index (χ0) is 19.9. The molecule has 0 aromatic heterocycles. The number of methoxy groups -OCH3 is 1. The molecule has 3 rings (SSSR count). The van der Waals surface area contributed by atoms with Crippen LogP contribution in [0.5, 0.6) is 5.75 Å². The van der Waals surface area contributed by atoms with Crippen molar-refractivity contribution in [1.29, 1.82) is 0 Å². The van der Waals surface area contributed by atoms with E-state index in [9.17, 15) is 9.59 Å². The Bertz CT molecular complexity index is 1020. The first kappa shape index (κ1) is 19.1. The molecular weight excluding hydrogens is 354 g/mol. The third-order valence-electron chi connectivity index (χ3n) is 4.17. The lowest BCUT2D eigenvalue weighted by Gasteiger charge is -2.07. The number of nitrogens with one attached hydrogen (secondary N) is 2. The number of amides is 2. The minimum atomic E-state index is -0.313. The van der Waals surface area contributed by atoms with E-state index in [0.29, 0.717) is 22.7 Å². The molecule has 0 aliphatic rings. The van der Waals surface area contributed by atoms with E-state index < -0.39 is 0 Å². The molecule has 2 amide bonds. The summed E-state index contributed by atoms with van der Waals surface area (Å²) in [5, 5.41) is 8.67. The molecule has 0 radical (unpaired) electrons. The second-order valence-corrected chi connectivity index (χ2v) is 6.27. The highest BCUT2D eigenvalue weighted by Gasteiger charge is 2.10. The highest BCUT2D eigenvalue weighted by molar-refractivity contribution is 6.08. The molecule has 0 heterocycles. The van der Waals surface area contributed by atoms with E-state index >= 15 is 0 Å². The van der Waals surface area contributed by atoms with Crippen LogP contribution in [-0.4, -0.2) is 24.6 Å². The summed E-state index contributed by atoms with van der Waals surface area (Å²) in [5.41, 5.74) is 4.23. The fourth-order valence-electron chi connectivity index (χ4n) is 2.78. The summed E-state index contributed by atoms with van der Waals surface area (Å²) in [7, 11) is 1.58. The van der Waals surface area contributed by atoms with Crippen molar-refractivity contribution >= 4 is 34.0 Å². The topological polar surface area (TPSA) is 79.8 Å². The van der Waals surface area contributed by atoms with Crippen LogP contribution in [-0.2, 0) is 4.79 Å². The summed E-state index contributed by atoms with van der Waals surface area (Å²) in [5.74, 6) is 0.185. The number of rotatable bonds is 6. The first-order valence-electron chi connectivity index (χ1n) is 8.82. The van der Waals surface area contributed by atoms with Gasteiger partial charge in [0.05, 0.1) is 13.5 Å². The van der Waals surface area contributed by atoms with Crippen molar-refractivity contribution in [3.63, 3.8) is 0 Å². The lowest BCUT2D eigenvalue weighted by Crippen LogP contribution is -2.21. The van der Waals surface area contributed by atoms with Crippen LogP contribution in [0.4, 0.5) is 5.69 Å². The van der Waals surface area contributed by atoms with Crippen molar-refractivity contribution in [3.05, 3.63) is 72.3 Å². The largest absolute Gasteiger partial charge is 0.497 e. The molecule has 0 aliphatic heterocycles. The molecule has 0 saturated heterocycles. The van der Waals surface area contributed by atoms with Crippen LogP contribution in [0.1, 0.15) is 23.7 Å². The van der Waals surface area contributed by atoms with Gasteiger partial charge in [0.2, 0.25) is 5.91 Å². The van der Waals surface area contributed by atoms with Crippen LogP contribution >= 0.6 is 0 Å². The maximum atomic E-state index is 12.5. The van der Waals surface area contributed by atoms with Gasteiger partial charge in [0.25, 0.3) is 5.91 Å². The molecule has 0 aliphatic carbocycles. The Labute approximate surface area is 163 Å². The molecule has 6 heteroatoms. The van der Waals surface area contributed by atoms with E-state index in [0.717, 1.165) is 10.8 Å². The van der Waals surface area contributed by atoms with E-state index in [1.165, 1.54) is 0 Å². The molecule has 0 bridgehead atoms. The molecule has 0 unspecified atom stereocenters. The number of carbonyl (C=O) groups is 2. The molecule has 2 N–H and O–H groups in total. The van der Waals surface area contributed by atoms with Crippen molar-refractivity contribution < 1.29 is 14.3 Å². The normalized spacial score (nSPS) is 11.1. The highest BCUT2D eigenvalue weighted by atomic mass is 16.5. The fourth-order valence-corrected chi connectivity index (χ4v) is 2.78. The maximum Gasteiger partial charge on any atom is 0.271 e. The Morgan fingerprint density at radius 3 is 2.43 bits per heavy atom. The molecule has 6 nitrogen and oxygen atoms in total. The Morgan fingerprint density at radius 2 is 1.68 bits per heavy atom. The molecule has 3 aromatic rings. The number of fused-ring (bicyclic) bond motifs is 1. The second-order valence-electron chi connectivity index (χ2n) is 6.27. The number of carbonyl (C=O) groups excluding carboxylic acids is 2. The molecule has 142 valence electrons. The van der Waals surface area contributed by atoms with Crippen LogP contribution in [0, 0.1) is 0 Å². The summed E-state index contributed by atoms with van der Waals surface area (Å²) < 4.78 is 5.08. The third kappa shape index (κ3) is 4.73. The first-order valence-corrected chi connectivity index (χ1v) is 8.82. The SMILES string of the molecule is COc1ccc(NC(=O)C/C(C)=N\NC(=O)c2cccc3ccccc23)cc1. The lowest BCUT2D eigenvalue weighted by atomic mass is 10.0. The van der Waals surface area contributed by atoms with Gasteiger partial charge < -0.3 is 10.1 Å². The molecule has 0 saturated carbocycles. The first-order chi connectivity index (χ1) is 13.6. The molecule has 3 aromatic carbocycles. The number of nitrogens with zero attached hydrogens (tertiary/aromatic N) is 1. The molecule has 28 heavy (non-hydrogen) atoms.